The normalized spacial score (nSPS) is 11.1. The summed E-state index contributed by atoms with van der Waals surface area (Å²) in [6.07, 6.45) is 1.06. The van der Waals surface area contributed by atoms with Crippen molar-refractivity contribution >= 4 is 5.91 Å². The maximum atomic E-state index is 12.0. The van der Waals surface area contributed by atoms with Crippen LogP contribution in [-0.2, 0) is 6.42 Å². The zero-order valence-electron chi connectivity index (χ0n) is 13.3. The van der Waals surface area contributed by atoms with Crippen LogP contribution in [0.3, 0.4) is 0 Å². The fraction of sp³-hybridized carbons (Fsp3) is 0.588. The SMILES string of the molecule is CCN(CC)CCNC(=O)c1ccc(CC(C)C)cc1. The molecule has 0 spiro atoms. The zero-order valence-corrected chi connectivity index (χ0v) is 13.3. The van der Waals surface area contributed by atoms with Crippen LogP contribution in [0.5, 0.6) is 0 Å². The van der Waals surface area contributed by atoms with Gasteiger partial charge < -0.3 is 10.2 Å². The average Bonchev–Trinajstić information content (AvgIpc) is 2.43. The Balaban J connectivity index is 2.43. The van der Waals surface area contributed by atoms with Gasteiger partial charge in [-0.2, -0.15) is 0 Å². The summed E-state index contributed by atoms with van der Waals surface area (Å²) in [5, 5.41) is 2.98. The molecule has 0 heterocycles. The number of carbonyl (C=O) groups is 1. The standard InChI is InChI=1S/C17H28N2O/c1-5-19(6-2)12-11-18-17(20)16-9-7-15(8-10-16)13-14(3)4/h7-10,14H,5-6,11-13H2,1-4H3,(H,18,20). The molecule has 0 atom stereocenters. The molecule has 20 heavy (non-hydrogen) atoms. The molecule has 0 radical (unpaired) electrons. The fourth-order valence-corrected chi connectivity index (χ4v) is 2.23. The smallest absolute Gasteiger partial charge is 0.251 e. The number of hydrogen-bond acceptors (Lipinski definition) is 2. The lowest BCUT2D eigenvalue weighted by molar-refractivity contribution is 0.0949. The molecule has 3 nitrogen and oxygen atoms in total. The largest absolute Gasteiger partial charge is 0.351 e. The van der Waals surface area contributed by atoms with Crippen molar-refractivity contribution in [1.82, 2.24) is 10.2 Å². The van der Waals surface area contributed by atoms with Crippen molar-refractivity contribution in [2.24, 2.45) is 5.92 Å². The van der Waals surface area contributed by atoms with Crippen LogP contribution in [0.4, 0.5) is 0 Å². The van der Waals surface area contributed by atoms with Gasteiger partial charge in [0.25, 0.3) is 5.91 Å². The highest BCUT2D eigenvalue weighted by Crippen LogP contribution is 2.09. The summed E-state index contributed by atoms with van der Waals surface area (Å²) in [6.45, 7) is 12.3. The van der Waals surface area contributed by atoms with Gasteiger partial charge in [0.15, 0.2) is 0 Å². The molecule has 1 aromatic carbocycles. The Kier molecular flexibility index (Phi) is 7.31. The van der Waals surface area contributed by atoms with E-state index in [1.165, 1.54) is 5.56 Å². The molecule has 0 fully saturated rings. The minimum absolute atomic E-state index is 0.0215. The second kappa shape index (κ2) is 8.75. The molecule has 0 saturated carbocycles. The third-order valence-electron chi connectivity index (χ3n) is 3.47. The number of likely N-dealkylation sites (N-methyl/N-ethyl adjacent to an activating group) is 1. The molecule has 1 amide bonds. The van der Waals surface area contributed by atoms with E-state index in [1.807, 2.05) is 12.1 Å². The average molecular weight is 276 g/mol. The Hall–Kier alpha value is -1.35. The maximum Gasteiger partial charge on any atom is 0.251 e. The van der Waals surface area contributed by atoms with Gasteiger partial charge in [-0.3, -0.25) is 4.79 Å². The van der Waals surface area contributed by atoms with E-state index in [0.29, 0.717) is 12.5 Å². The van der Waals surface area contributed by atoms with Gasteiger partial charge in [-0.05, 0) is 43.1 Å². The first-order valence-corrected chi connectivity index (χ1v) is 7.66. The molecular weight excluding hydrogens is 248 g/mol. The predicted octanol–water partition coefficient (Wildman–Crippen LogP) is 2.96. The molecule has 112 valence electrons. The maximum absolute atomic E-state index is 12.0. The van der Waals surface area contributed by atoms with Crippen LogP contribution in [0.15, 0.2) is 24.3 Å². The third kappa shape index (κ3) is 5.74. The number of nitrogens with zero attached hydrogens (tertiary/aromatic N) is 1. The highest BCUT2D eigenvalue weighted by Gasteiger charge is 2.06. The molecule has 0 aliphatic rings. The third-order valence-corrected chi connectivity index (χ3v) is 3.47. The first-order chi connectivity index (χ1) is 9.56. The van der Waals surface area contributed by atoms with Gasteiger partial charge >= 0.3 is 0 Å². The van der Waals surface area contributed by atoms with Crippen LogP contribution >= 0.6 is 0 Å². The Labute approximate surface area is 123 Å². The summed E-state index contributed by atoms with van der Waals surface area (Å²) < 4.78 is 0. The van der Waals surface area contributed by atoms with E-state index in [4.69, 9.17) is 0 Å². The van der Waals surface area contributed by atoms with Crippen LogP contribution in [0.25, 0.3) is 0 Å². The van der Waals surface area contributed by atoms with Gasteiger partial charge in [0, 0.05) is 18.7 Å². The molecule has 0 aliphatic carbocycles. The van der Waals surface area contributed by atoms with Crippen LogP contribution in [0.2, 0.25) is 0 Å². The summed E-state index contributed by atoms with van der Waals surface area (Å²) in [4.78, 5) is 14.3. The number of nitrogens with one attached hydrogen (secondary N) is 1. The monoisotopic (exact) mass is 276 g/mol. The van der Waals surface area contributed by atoms with Gasteiger partial charge in [0.2, 0.25) is 0 Å². The van der Waals surface area contributed by atoms with Gasteiger partial charge in [-0.1, -0.05) is 39.8 Å². The molecule has 0 aliphatic heterocycles. The van der Waals surface area contributed by atoms with Crippen molar-refractivity contribution in [2.75, 3.05) is 26.2 Å². The van der Waals surface area contributed by atoms with Gasteiger partial charge in [-0.25, -0.2) is 0 Å². The first-order valence-electron chi connectivity index (χ1n) is 7.66. The Morgan fingerprint density at radius 3 is 2.25 bits per heavy atom. The van der Waals surface area contributed by atoms with Gasteiger partial charge in [0.05, 0.1) is 0 Å². The minimum Gasteiger partial charge on any atom is -0.351 e. The van der Waals surface area contributed by atoms with Crippen molar-refractivity contribution < 1.29 is 4.79 Å². The molecule has 1 rings (SSSR count). The van der Waals surface area contributed by atoms with Crippen molar-refractivity contribution in [2.45, 2.75) is 34.1 Å². The minimum atomic E-state index is 0.0215. The molecule has 1 aromatic rings. The Morgan fingerprint density at radius 1 is 1.15 bits per heavy atom. The van der Waals surface area contributed by atoms with Gasteiger partial charge in [0.1, 0.15) is 0 Å². The summed E-state index contributed by atoms with van der Waals surface area (Å²) >= 11 is 0. The Morgan fingerprint density at radius 2 is 1.75 bits per heavy atom. The van der Waals surface area contributed by atoms with Crippen LogP contribution in [0.1, 0.15) is 43.6 Å². The molecule has 0 bridgehead atoms. The van der Waals surface area contributed by atoms with E-state index < -0.39 is 0 Å². The van der Waals surface area contributed by atoms with E-state index in [-0.39, 0.29) is 5.91 Å². The summed E-state index contributed by atoms with van der Waals surface area (Å²) in [6, 6.07) is 7.95. The molecule has 0 aromatic heterocycles. The lowest BCUT2D eigenvalue weighted by Gasteiger charge is -2.18. The number of carbonyl (C=O) groups excluding carboxylic acids is 1. The van der Waals surface area contributed by atoms with E-state index in [1.54, 1.807) is 0 Å². The highest BCUT2D eigenvalue weighted by atomic mass is 16.1. The topological polar surface area (TPSA) is 32.3 Å². The Bertz CT molecular complexity index is 394. The summed E-state index contributed by atoms with van der Waals surface area (Å²) in [5.74, 6) is 0.664. The second-order valence-corrected chi connectivity index (χ2v) is 5.58. The number of hydrogen-bond donors (Lipinski definition) is 1. The lowest BCUT2D eigenvalue weighted by atomic mass is 10.0. The molecular formula is C17H28N2O. The number of benzene rings is 1. The van der Waals surface area contributed by atoms with E-state index in [2.05, 4.69) is 50.0 Å². The summed E-state index contributed by atoms with van der Waals surface area (Å²) in [7, 11) is 0. The molecule has 0 unspecified atom stereocenters. The zero-order chi connectivity index (χ0) is 15.0. The fourth-order valence-electron chi connectivity index (χ4n) is 2.23. The second-order valence-electron chi connectivity index (χ2n) is 5.58. The van der Waals surface area contributed by atoms with E-state index in [0.717, 1.165) is 31.6 Å². The van der Waals surface area contributed by atoms with Crippen LogP contribution in [-0.4, -0.2) is 37.0 Å². The van der Waals surface area contributed by atoms with Crippen molar-refractivity contribution in [3.63, 3.8) is 0 Å². The number of rotatable bonds is 8. The van der Waals surface area contributed by atoms with Crippen molar-refractivity contribution in [3.8, 4) is 0 Å². The van der Waals surface area contributed by atoms with Crippen LogP contribution < -0.4 is 5.32 Å². The highest BCUT2D eigenvalue weighted by molar-refractivity contribution is 5.94. The quantitative estimate of drug-likeness (QED) is 0.791. The van der Waals surface area contributed by atoms with Crippen molar-refractivity contribution in [1.29, 1.82) is 0 Å². The van der Waals surface area contributed by atoms with E-state index in [9.17, 15) is 4.79 Å². The molecule has 3 heteroatoms. The summed E-state index contributed by atoms with van der Waals surface area (Å²) in [5.41, 5.74) is 2.04. The molecule has 0 saturated heterocycles. The molecule has 1 N–H and O–H groups in total. The van der Waals surface area contributed by atoms with Crippen molar-refractivity contribution in [3.05, 3.63) is 35.4 Å². The van der Waals surface area contributed by atoms with Crippen LogP contribution in [0, 0.1) is 5.92 Å². The number of amides is 1. The van der Waals surface area contributed by atoms with E-state index >= 15 is 0 Å². The first kappa shape index (κ1) is 16.7. The van der Waals surface area contributed by atoms with Gasteiger partial charge in [-0.15, -0.1) is 0 Å². The predicted molar refractivity (Wildman–Crippen MR) is 85.1 cm³/mol. The lowest BCUT2D eigenvalue weighted by Crippen LogP contribution is -2.34.